The lowest BCUT2D eigenvalue weighted by molar-refractivity contribution is -0.214. The molecule has 1 saturated heterocycles. The second-order valence-electron chi connectivity index (χ2n) is 4.78. The van der Waals surface area contributed by atoms with Crippen molar-refractivity contribution in [2.45, 2.75) is 37.9 Å². The largest absolute Gasteiger partial charge is 0.393 e. The van der Waals surface area contributed by atoms with Crippen LogP contribution in [0.2, 0.25) is 0 Å². The number of nitrogens with two attached hydrogens (primary N) is 1. The lowest BCUT2D eigenvalue weighted by Gasteiger charge is -2.45. The Morgan fingerprint density at radius 1 is 1.27 bits per heavy atom. The predicted octanol–water partition coefficient (Wildman–Crippen LogP) is 1.66. The van der Waals surface area contributed by atoms with Crippen molar-refractivity contribution < 1.29 is 13.2 Å². The molecule has 2 fully saturated rings. The standard InChI is InChI=1S/C10H17F3N2/c11-10(12,13)7-6-15-5-4-9(7)3-1-2-8(9)14/h7-8,15H,1-6,14H2. The maximum absolute atomic E-state index is 12.9. The average molecular weight is 222 g/mol. The van der Waals surface area contributed by atoms with Crippen molar-refractivity contribution in [2.24, 2.45) is 17.1 Å². The van der Waals surface area contributed by atoms with Crippen molar-refractivity contribution in [3.63, 3.8) is 0 Å². The molecule has 5 heteroatoms. The van der Waals surface area contributed by atoms with Gasteiger partial charge in [-0.15, -0.1) is 0 Å². The van der Waals surface area contributed by atoms with Crippen LogP contribution >= 0.6 is 0 Å². The van der Waals surface area contributed by atoms with Crippen LogP contribution in [0.1, 0.15) is 25.7 Å². The van der Waals surface area contributed by atoms with Gasteiger partial charge in [-0.2, -0.15) is 13.2 Å². The van der Waals surface area contributed by atoms with Crippen LogP contribution in [0.4, 0.5) is 13.2 Å². The Balaban J connectivity index is 2.26. The summed E-state index contributed by atoms with van der Waals surface area (Å²) in [7, 11) is 0. The molecule has 1 heterocycles. The maximum Gasteiger partial charge on any atom is 0.393 e. The van der Waals surface area contributed by atoms with Crippen molar-refractivity contribution in [1.82, 2.24) is 5.32 Å². The first-order chi connectivity index (χ1) is 6.97. The van der Waals surface area contributed by atoms with E-state index in [1.807, 2.05) is 0 Å². The zero-order valence-electron chi connectivity index (χ0n) is 8.61. The summed E-state index contributed by atoms with van der Waals surface area (Å²) in [6.07, 6.45) is -1.33. The van der Waals surface area contributed by atoms with Gasteiger partial charge < -0.3 is 11.1 Å². The Morgan fingerprint density at radius 2 is 2.00 bits per heavy atom. The molecule has 15 heavy (non-hydrogen) atoms. The molecule has 0 radical (unpaired) electrons. The van der Waals surface area contributed by atoms with Crippen LogP contribution in [0.25, 0.3) is 0 Å². The number of halogens is 3. The molecule has 1 spiro atoms. The zero-order chi connectivity index (χ0) is 11.1. The molecule has 3 N–H and O–H groups in total. The normalized spacial score (nSPS) is 42.4. The third kappa shape index (κ3) is 1.76. The first-order valence-electron chi connectivity index (χ1n) is 5.50. The SMILES string of the molecule is NC1CCCC12CCNCC2C(F)(F)F. The third-order valence-electron chi connectivity index (χ3n) is 4.10. The summed E-state index contributed by atoms with van der Waals surface area (Å²) in [5, 5.41) is 2.84. The van der Waals surface area contributed by atoms with Gasteiger partial charge in [0.2, 0.25) is 0 Å². The van der Waals surface area contributed by atoms with E-state index in [4.69, 9.17) is 5.73 Å². The predicted molar refractivity (Wildman–Crippen MR) is 51.3 cm³/mol. The lowest BCUT2D eigenvalue weighted by Crippen LogP contribution is -2.56. The quantitative estimate of drug-likeness (QED) is 0.654. The summed E-state index contributed by atoms with van der Waals surface area (Å²) in [5.41, 5.74) is 5.23. The molecule has 2 aliphatic rings. The summed E-state index contributed by atoms with van der Waals surface area (Å²) < 4.78 is 38.7. The smallest absolute Gasteiger partial charge is 0.327 e. The van der Waals surface area contributed by atoms with Gasteiger partial charge in [0.05, 0.1) is 5.92 Å². The van der Waals surface area contributed by atoms with Crippen LogP contribution in [0.5, 0.6) is 0 Å². The average Bonchev–Trinajstić information content (AvgIpc) is 2.48. The fourth-order valence-electron chi connectivity index (χ4n) is 3.25. The van der Waals surface area contributed by atoms with Gasteiger partial charge in [0.1, 0.15) is 0 Å². The van der Waals surface area contributed by atoms with Crippen molar-refractivity contribution in [1.29, 1.82) is 0 Å². The van der Waals surface area contributed by atoms with Crippen LogP contribution in [0.15, 0.2) is 0 Å². The number of alkyl halides is 3. The number of hydrogen-bond acceptors (Lipinski definition) is 2. The van der Waals surface area contributed by atoms with Gasteiger partial charge in [-0.05, 0) is 31.2 Å². The molecule has 1 saturated carbocycles. The Hall–Kier alpha value is -0.290. The highest BCUT2D eigenvalue weighted by Crippen LogP contribution is 2.52. The van der Waals surface area contributed by atoms with E-state index < -0.39 is 17.5 Å². The molecule has 0 aromatic carbocycles. The number of nitrogens with one attached hydrogen (secondary N) is 1. The first kappa shape index (κ1) is 11.2. The molecular weight excluding hydrogens is 205 g/mol. The summed E-state index contributed by atoms with van der Waals surface area (Å²) >= 11 is 0. The third-order valence-corrected chi connectivity index (χ3v) is 4.10. The highest BCUT2D eigenvalue weighted by atomic mass is 19.4. The second-order valence-corrected chi connectivity index (χ2v) is 4.78. The van der Waals surface area contributed by atoms with E-state index in [9.17, 15) is 13.2 Å². The first-order valence-corrected chi connectivity index (χ1v) is 5.50. The number of hydrogen-bond donors (Lipinski definition) is 2. The molecular formula is C10H17F3N2. The second kappa shape index (κ2) is 3.63. The monoisotopic (exact) mass is 222 g/mol. The molecule has 3 unspecified atom stereocenters. The molecule has 1 aliphatic carbocycles. The van der Waals surface area contributed by atoms with Gasteiger partial charge in [0.15, 0.2) is 0 Å². The topological polar surface area (TPSA) is 38.0 Å². The van der Waals surface area contributed by atoms with Crippen LogP contribution in [-0.2, 0) is 0 Å². The van der Waals surface area contributed by atoms with Crippen LogP contribution in [-0.4, -0.2) is 25.3 Å². The molecule has 0 amide bonds. The summed E-state index contributed by atoms with van der Waals surface area (Å²) in [6, 6.07) is -0.272. The molecule has 2 rings (SSSR count). The summed E-state index contributed by atoms with van der Waals surface area (Å²) in [4.78, 5) is 0. The zero-order valence-corrected chi connectivity index (χ0v) is 8.61. The van der Waals surface area contributed by atoms with Crippen molar-refractivity contribution >= 4 is 0 Å². The van der Waals surface area contributed by atoms with E-state index in [2.05, 4.69) is 5.32 Å². The Labute approximate surface area is 87.4 Å². The molecule has 0 bridgehead atoms. The highest BCUT2D eigenvalue weighted by molar-refractivity contribution is 5.04. The van der Waals surface area contributed by atoms with Crippen molar-refractivity contribution in [2.75, 3.05) is 13.1 Å². The van der Waals surface area contributed by atoms with Crippen LogP contribution < -0.4 is 11.1 Å². The fraction of sp³-hybridized carbons (Fsp3) is 1.00. The van der Waals surface area contributed by atoms with Crippen LogP contribution in [0, 0.1) is 11.3 Å². The van der Waals surface area contributed by atoms with Crippen molar-refractivity contribution in [3.8, 4) is 0 Å². The van der Waals surface area contributed by atoms with Gasteiger partial charge in [0, 0.05) is 12.6 Å². The molecule has 88 valence electrons. The van der Waals surface area contributed by atoms with E-state index in [0.717, 1.165) is 12.8 Å². The van der Waals surface area contributed by atoms with Crippen LogP contribution in [0.3, 0.4) is 0 Å². The van der Waals surface area contributed by atoms with Gasteiger partial charge in [0.25, 0.3) is 0 Å². The minimum Gasteiger partial charge on any atom is -0.327 e. The molecule has 1 aliphatic heterocycles. The Kier molecular flexibility index (Phi) is 2.71. The minimum absolute atomic E-state index is 0.0389. The van der Waals surface area contributed by atoms with E-state index in [0.29, 0.717) is 19.4 Å². The number of rotatable bonds is 0. The van der Waals surface area contributed by atoms with E-state index in [1.165, 1.54) is 0 Å². The Bertz CT molecular complexity index is 241. The number of piperidine rings is 1. The van der Waals surface area contributed by atoms with Gasteiger partial charge in [-0.25, -0.2) is 0 Å². The fourth-order valence-corrected chi connectivity index (χ4v) is 3.25. The van der Waals surface area contributed by atoms with Crippen molar-refractivity contribution in [3.05, 3.63) is 0 Å². The lowest BCUT2D eigenvalue weighted by atomic mass is 9.67. The van der Waals surface area contributed by atoms with Gasteiger partial charge in [-0.1, -0.05) is 6.42 Å². The molecule has 2 nitrogen and oxygen atoms in total. The van der Waals surface area contributed by atoms with E-state index in [-0.39, 0.29) is 12.6 Å². The molecule has 3 atom stereocenters. The van der Waals surface area contributed by atoms with Gasteiger partial charge in [-0.3, -0.25) is 0 Å². The Morgan fingerprint density at radius 3 is 2.53 bits per heavy atom. The molecule has 0 aromatic rings. The van der Waals surface area contributed by atoms with Gasteiger partial charge >= 0.3 is 6.18 Å². The summed E-state index contributed by atoms with van der Waals surface area (Å²) in [6.45, 7) is 0.706. The highest BCUT2D eigenvalue weighted by Gasteiger charge is 2.58. The summed E-state index contributed by atoms with van der Waals surface area (Å²) in [5.74, 6) is -1.25. The maximum atomic E-state index is 12.9. The molecule has 0 aromatic heterocycles. The van der Waals surface area contributed by atoms with E-state index in [1.54, 1.807) is 0 Å². The minimum atomic E-state index is -4.12. The van der Waals surface area contributed by atoms with E-state index >= 15 is 0 Å².